The van der Waals surface area contributed by atoms with Crippen LogP contribution in [0.4, 0.5) is 0 Å². The van der Waals surface area contributed by atoms with Gasteiger partial charge in [0, 0.05) is 39.4 Å². The van der Waals surface area contributed by atoms with Crippen LogP contribution in [-0.2, 0) is 21.9 Å². The molecule has 1 amide bonds. The third-order valence-corrected chi connectivity index (χ3v) is 6.24. The maximum absolute atomic E-state index is 12.7. The number of carbonyl (C=O) groups is 1. The normalized spacial score (nSPS) is 17.3. The first kappa shape index (κ1) is 19.4. The van der Waals surface area contributed by atoms with E-state index < -0.39 is 16.1 Å². The number of hydrogen-bond donors (Lipinski definition) is 0. The van der Waals surface area contributed by atoms with Gasteiger partial charge in [0.15, 0.2) is 11.1 Å². The van der Waals surface area contributed by atoms with Crippen LogP contribution in [0.2, 0.25) is 0 Å². The molecule has 2 heterocycles. The SMILES string of the molecule is C[C@H](Oc1ccccc1)C(=O)N1CCCN(S(=O)(=O)c2cn(C)cn2)CC1. The fraction of sp³-hybridized carbons (Fsp3) is 0.444. The predicted octanol–water partition coefficient (Wildman–Crippen LogP) is 1.11. The number of para-hydroxylation sites is 1. The highest BCUT2D eigenvalue weighted by molar-refractivity contribution is 7.89. The summed E-state index contributed by atoms with van der Waals surface area (Å²) >= 11 is 0. The summed E-state index contributed by atoms with van der Waals surface area (Å²) in [4.78, 5) is 18.3. The molecule has 0 radical (unpaired) electrons. The maximum Gasteiger partial charge on any atom is 0.263 e. The monoisotopic (exact) mass is 392 g/mol. The number of aromatic nitrogens is 2. The lowest BCUT2D eigenvalue weighted by Crippen LogP contribution is -2.43. The summed E-state index contributed by atoms with van der Waals surface area (Å²) in [5.74, 6) is 0.489. The minimum Gasteiger partial charge on any atom is -0.481 e. The second kappa shape index (κ2) is 8.10. The molecule has 27 heavy (non-hydrogen) atoms. The van der Waals surface area contributed by atoms with Crippen molar-refractivity contribution in [2.24, 2.45) is 7.05 Å². The van der Waals surface area contributed by atoms with E-state index in [9.17, 15) is 13.2 Å². The summed E-state index contributed by atoms with van der Waals surface area (Å²) in [5, 5.41) is 0.0329. The first-order valence-corrected chi connectivity index (χ1v) is 10.3. The average Bonchev–Trinajstić information content (AvgIpc) is 2.95. The number of amides is 1. The second-order valence-electron chi connectivity index (χ2n) is 6.53. The molecule has 1 saturated heterocycles. The van der Waals surface area contributed by atoms with Crippen LogP contribution in [0.3, 0.4) is 0 Å². The smallest absolute Gasteiger partial charge is 0.263 e. The molecular weight excluding hydrogens is 368 g/mol. The molecule has 0 spiro atoms. The molecule has 146 valence electrons. The number of rotatable bonds is 5. The van der Waals surface area contributed by atoms with Gasteiger partial charge in [-0.05, 0) is 25.5 Å². The number of carbonyl (C=O) groups excluding carboxylic acids is 1. The Morgan fingerprint density at radius 3 is 2.56 bits per heavy atom. The molecule has 1 aromatic heterocycles. The highest BCUT2D eigenvalue weighted by Gasteiger charge is 2.31. The molecule has 1 aliphatic rings. The summed E-state index contributed by atoms with van der Waals surface area (Å²) in [6, 6.07) is 9.17. The van der Waals surface area contributed by atoms with Crippen molar-refractivity contribution in [2.75, 3.05) is 26.2 Å². The number of sulfonamides is 1. The van der Waals surface area contributed by atoms with Crippen LogP contribution in [0.15, 0.2) is 47.9 Å². The van der Waals surface area contributed by atoms with Crippen molar-refractivity contribution in [1.29, 1.82) is 0 Å². The van der Waals surface area contributed by atoms with Crippen molar-refractivity contribution in [1.82, 2.24) is 18.8 Å². The number of nitrogens with zero attached hydrogens (tertiary/aromatic N) is 4. The van der Waals surface area contributed by atoms with Gasteiger partial charge in [-0.3, -0.25) is 4.79 Å². The van der Waals surface area contributed by atoms with E-state index in [0.717, 1.165) is 0 Å². The van der Waals surface area contributed by atoms with Crippen molar-refractivity contribution in [3.63, 3.8) is 0 Å². The Morgan fingerprint density at radius 1 is 1.15 bits per heavy atom. The first-order chi connectivity index (χ1) is 12.9. The standard InChI is InChI=1S/C18H24N4O4S/c1-15(26-16-7-4-3-5-8-16)18(23)21-9-6-10-22(12-11-21)27(24,25)17-13-20(2)14-19-17/h3-5,7-8,13-15H,6,9-12H2,1-2H3/t15-/m0/s1. The third kappa shape index (κ3) is 4.48. The molecule has 2 aromatic rings. The topological polar surface area (TPSA) is 84.7 Å². The van der Waals surface area contributed by atoms with E-state index >= 15 is 0 Å². The number of ether oxygens (including phenoxy) is 1. The molecule has 0 saturated carbocycles. The number of aryl methyl sites for hydroxylation is 1. The van der Waals surface area contributed by atoms with Gasteiger partial charge in [-0.15, -0.1) is 0 Å². The van der Waals surface area contributed by atoms with Crippen molar-refractivity contribution in [3.05, 3.63) is 42.9 Å². The van der Waals surface area contributed by atoms with Crippen LogP contribution in [0.5, 0.6) is 5.75 Å². The lowest BCUT2D eigenvalue weighted by molar-refractivity contribution is -0.137. The zero-order valence-corrected chi connectivity index (χ0v) is 16.3. The molecule has 1 aromatic carbocycles. The number of imidazole rings is 1. The van der Waals surface area contributed by atoms with E-state index in [2.05, 4.69) is 4.98 Å². The average molecular weight is 392 g/mol. The van der Waals surface area contributed by atoms with Crippen LogP contribution in [0.1, 0.15) is 13.3 Å². The minimum absolute atomic E-state index is 0.0329. The summed E-state index contributed by atoms with van der Waals surface area (Å²) in [6.07, 6.45) is 2.88. The molecule has 3 rings (SSSR count). The molecule has 0 bridgehead atoms. The van der Waals surface area contributed by atoms with Gasteiger partial charge in [-0.25, -0.2) is 13.4 Å². The molecule has 1 aliphatic heterocycles. The van der Waals surface area contributed by atoms with E-state index in [-0.39, 0.29) is 17.5 Å². The van der Waals surface area contributed by atoms with Crippen molar-refractivity contribution < 1.29 is 17.9 Å². The highest BCUT2D eigenvalue weighted by Crippen LogP contribution is 2.17. The molecule has 0 unspecified atom stereocenters. The highest BCUT2D eigenvalue weighted by atomic mass is 32.2. The van der Waals surface area contributed by atoms with E-state index in [1.165, 1.54) is 16.8 Å². The molecular formula is C18H24N4O4S. The Labute approximate surface area is 159 Å². The van der Waals surface area contributed by atoms with Crippen LogP contribution < -0.4 is 4.74 Å². The molecule has 0 aliphatic carbocycles. The van der Waals surface area contributed by atoms with Crippen LogP contribution >= 0.6 is 0 Å². The zero-order valence-electron chi connectivity index (χ0n) is 15.5. The fourth-order valence-corrected chi connectivity index (χ4v) is 4.46. The summed E-state index contributed by atoms with van der Waals surface area (Å²) in [5.41, 5.74) is 0. The van der Waals surface area contributed by atoms with Crippen LogP contribution in [0.25, 0.3) is 0 Å². The Morgan fingerprint density at radius 2 is 1.89 bits per heavy atom. The lowest BCUT2D eigenvalue weighted by atomic mass is 10.3. The van der Waals surface area contributed by atoms with E-state index in [1.807, 2.05) is 18.2 Å². The molecule has 9 heteroatoms. The number of benzene rings is 1. The van der Waals surface area contributed by atoms with Gasteiger partial charge in [0.25, 0.3) is 15.9 Å². The summed E-state index contributed by atoms with van der Waals surface area (Å²) in [7, 11) is -1.93. The van der Waals surface area contributed by atoms with Gasteiger partial charge in [-0.2, -0.15) is 4.31 Å². The molecule has 8 nitrogen and oxygen atoms in total. The largest absolute Gasteiger partial charge is 0.481 e. The Hall–Kier alpha value is -2.39. The zero-order chi connectivity index (χ0) is 19.4. The second-order valence-corrected chi connectivity index (χ2v) is 8.42. The molecule has 1 atom stereocenters. The van der Waals surface area contributed by atoms with E-state index in [0.29, 0.717) is 31.8 Å². The lowest BCUT2D eigenvalue weighted by Gasteiger charge is -2.25. The van der Waals surface area contributed by atoms with Gasteiger partial charge in [0.05, 0.1) is 6.33 Å². The van der Waals surface area contributed by atoms with Gasteiger partial charge >= 0.3 is 0 Å². The number of hydrogen-bond acceptors (Lipinski definition) is 5. The Bertz CT molecular complexity index is 882. The summed E-state index contributed by atoms with van der Waals surface area (Å²) in [6.45, 7) is 3.13. The molecule has 1 fully saturated rings. The maximum atomic E-state index is 12.7. The quantitative estimate of drug-likeness (QED) is 0.761. The van der Waals surface area contributed by atoms with E-state index in [1.54, 1.807) is 35.6 Å². The predicted molar refractivity (Wildman–Crippen MR) is 99.7 cm³/mol. The van der Waals surface area contributed by atoms with E-state index in [4.69, 9.17) is 4.74 Å². The Kier molecular flexibility index (Phi) is 5.81. The fourth-order valence-electron chi connectivity index (χ4n) is 3.02. The van der Waals surface area contributed by atoms with Gasteiger partial charge in [0.1, 0.15) is 5.75 Å². The van der Waals surface area contributed by atoms with Crippen molar-refractivity contribution in [2.45, 2.75) is 24.5 Å². The van der Waals surface area contributed by atoms with Crippen LogP contribution in [0, 0.1) is 0 Å². The minimum atomic E-state index is -3.65. The summed E-state index contributed by atoms with van der Waals surface area (Å²) < 4.78 is 34.1. The third-order valence-electron chi connectivity index (χ3n) is 4.46. The van der Waals surface area contributed by atoms with Gasteiger partial charge in [0.2, 0.25) is 0 Å². The van der Waals surface area contributed by atoms with Gasteiger partial charge in [-0.1, -0.05) is 18.2 Å². The first-order valence-electron chi connectivity index (χ1n) is 8.86. The van der Waals surface area contributed by atoms with Crippen molar-refractivity contribution in [3.8, 4) is 5.75 Å². The van der Waals surface area contributed by atoms with Crippen LogP contribution in [-0.4, -0.2) is 65.4 Å². The molecule has 0 N–H and O–H groups in total. The van der Waals surface area contributed by atoms with Crippen molar-refractivity contribution >= 4 is 15.9 Å². The van der Waals surface area contributed by atoms with Gasteiger partial charge < -0.3 is 14.2 Å². The Balaban J connectivity index is 1.63.